The standard InChI is InChI=1S/C19H19N5O2/c25-18(9-11-23-13-21-16-3-1-2-4-17(16)23)22-14-5-7-15(8-6-14)24-12-10-20-19(24)26/h1-8,13H,9-12H2,(H,20,26)(H,22,25). The highest BCUT2D eigenvalue weighted by atomic mass is 16.2. The van der Waals surface area contributed by atoms with Crippen molar-refractivity contribution in [1.82, 2.24) is 14.9 Å². The van der Waals surface area contributed by atoms with Gasteiger partial charge in [-0.2, -0.15) is 0 Å². The van der Waals surface area contributed by atoms with Crippen LogP contribution in [-0.4, -0.2) is 34.6 Å². The van der Waals surface area contributed by atoms with Crippen molar-refractivity contribution >= 4 is 34.3 Å². The zero-order chi connectivity index (χ0) is 17.9. The van der Waals surface area contributed by atoms with Crippen LogP contribution in [0.25, 0.3) is 11.0 Å². The van der Waals surface area contributed by atoms with E-state index >= 15 is 0 Å². The van der Waals surface area contributed by atoms with Gasteiger partial charge in [-0.1, -0.05) is 12.1 Å². The minimum atomic E-state index is -0.0886. The minimum Gasteiger partial charge on any atom is -0.336 e. The predicted molar refractivity (Wildman–Crippen MR) is 100 cm³/mol. The average molecular weight is 349 g/mol. The predicted octanol–water partition coefficient (Wildman–Crippen LogP) is 2.59. The Kier molecular flexibility index (Phi) is 4.27. The van der Waals surface area contributed by atoms with Crippen LogP contribution in [0, 0.1) is 0 Å². The average Bonchev–Trinajstić information content (AvgIpc) is 3.27. The topological polar surface area (TPSA) is 79.3 Å². The van der Waals surface area contributed by atoms with E-state index in [-0.39, 0.29) is 11.9 Å². The Morgan fingerprint density at radius 2 is 1.96 bits per heavy atom. The second-order valence-electron chi connectivity index (χ2n) is 6.16. The minimum absolute atomic E-state index is 0.0607. The van der Waals surface area contributed by atoms with Crippen LogP contribution in [0.1, 0.15) is 6.42 Å². The van der Waals surface area contributed by atoms with Gasteiger partial charge in [0.25, 0.3) is 0 Å². The summed E-state index contributed by atoms with van der Waals surface area (Å²) in [6, 6.07) is 15.1. The number of hydrogen-bond donors (Lipinski definition) is 2. The van der Waals surface area contributed by atoms with Crippen molar-refractivity contribution in [2.45, 2.75) is 13.0 Å². The number of hydrogen-bond acceptors (Lipinski definition) is 3. The van der Waals surface area contributed by atoms with E-state index in [2.05, 4.69) is 15.6 Å². The number of aromatic nitrogens is 2. The van der Waals surface area contributed by atoms with Gasteiger partial charge in [0, 0.05) is 37.4 Å². The highest BCUT2D eigenvalue weighted by molar-refractivity contribution is 5.95. The monoisotopic (exact) mass is 349 g/mol. The van der Waals surface area contributed by atoms with Crippen LogP contribution >= 0.6 is 0 Å². The molecule has 1 aliphatic rings. The quantitative estimate of drug-likeness (QED) is 0.743. The van der Waals surface area contributed by atoms with Gasteiger partial charge in [-0.3, -0.25) is 9.69 Å². The molecule has 0 bridgehead atoms. The fourth-order valence-electron chi connectivity index (χ4n) is 3.08. The highest BCUT2D eigenvalue weighted by Gasteiger charge is 2.20. The molecule has 2 heterocycles. The van der Waals surface area contributed by atoms with Gasteiger partial charge in [0.2, 0.25) is 5.91 Å². The van der Waals surface area contributed by atoms with Crippen LogP contribution < -0.4 is 15.5 Å². The summed E-state index contributed by atoms with van der Waals surface area (Å²) in [6.45, 7) is 1.88. The zero-order valence-corrected chi connectivity index (χ0v) is 14.2. The number of urea groups is 1. The number of fused-ring (bicyclic) bond motifs is 1. The maximum Gasteiger partial charge on any atom is 0.321 e. The van der Waals surface area contributed by atoms with E-state index in [0.717, 1.165) is 16.7 Å². The molecule has 3 aromatic rings. The number of imidazole rings is 1. The Morgan fingerprint density at radius 3 is 2.73 bits per heavy atom. The Balaban J connectivity index is 1.35. The molecule has 7 nitrogen and oxygen atoms in total. The van der Waals surface area contributed by atoms with Crippen molar-refractivity contribution < 1.29 is 9.59 Å². The molecule has 26 heavy (non-hydrogen) atoms. The number of nitrogens with zero attached hydrogens (tertiary/aromatic N) is 3. The Labute approximate surface area is 150 Å². The molecule has 0 spiro atoms. The van der Waals surface area contributed by atoms with E-state index in [1.807, 2.05) is 53.1 Å². The van der Waals surface area contributed by atoms with Crippen molar-refractivity contribution in [2.24, 2.45) is 0 Å². The smallest absolute Gasteiger partial charge is 0.321 e. The lowest BCUT2D eigenvalue weighted by Gasteiger charge is -2.14. The summed E-state index contributed by atoms with van der Waals surface area (Å²) < 4.78 is 1.98. The molecule has 0 atom stereocenters. The maximum atomic E-state index is 12.2. The number of carbonyl (C=O) groups excluding carboxylic acids is 2. The van der Waals surface area contributed by atoms with Gasteiger partial charge in [-0.25, -0.2) is 9.78 Å². The van der Waals surface area contributed by atoms with Gasteiger partial charge < -0.3 is 15.2 Å². The summed E-state index contributed by atoms with van der Waals surface area (Å²) in [4.78, 5) is 29.9. The second kappa shape index (κ2) is 6.87. The Bertz CT molecular complexity index is 948. The largest absolute Gasteiger partial charge is 0.336 e. The summed E-state index contributed by atoms with van der Waals surface area (Å²) in [5.41, 5.74) is 3.49. The van der Waals surface area contributed by atoms with Gasteiger partial charge in [-0.15, -0.1) is 0 Å². The third-order valence-corrected chi connectivity index (χ3v) is 4.43. The summed E-state index contributed by atoms with van der Waals surface area (Å²) in [5.74, 6) is -0.0607. The Hall–Kier alpha value is -3.35. The molecule has 1 saturated heterocycles. The van der Waals surface area contributed by atoms with Gasteiger partial charge in [0.1, 0.15) is 0 Å². The van der Waals surface area contributed by atoms with E-state index < -0.39 is 0 Å². The molecule has 4 rings (SSSR count). The number of aryl methyl sites for hydroxylation is 1. The van der Waals surface area contributed by atoms with E-state index in [9.17, 15) is 9.59 Å². The lowest BCUT2D eigenvalue weighted by molar-refractivity contribution is -0.116. The number of nitrogens with one attached hydrogen (secondary N) is 2. The molecule has 0 aliphatic carbocycles. The maximum absolute atomic E-state index is 12.2. The number of carbonyl (C=O) groups is 2. The van der Waals surface area contributed by atoms with Gasteiger partial charge in [0.05, 0.1) is 17.4 Å². The first-order valence-corrected chi connectivity index (χ1v) is 8.56. The van der Waals surface area contributed by atoms with Crippen LogP contribution in [0.5, 0.6) is 0 Å². The molecule has 1 aromatic heterocycles. The van der Waals surface area contributed by atoms with Crippen molar-refractivity contribution in [3.63, 3.8) is 0 Å². The van der Waals surface area contributed by atoms with Crippen molar-refractivity contribution in [3.05, 3.63) is 54.9 Å². The molecule has 0 saturated carbocycles. The van der Waals surface area contributed by atoms with Crippen molar-refractivity contribution in [3.8, 4) is 0 Å². The first-order chi connectivity index (χ1) is 12.7. The molecule has 2 aromatic carbocycles. The Morgan fingerprint density at radius 1 is 1.15 bits per heavy atom. The van der Waals surface area contributed by atoms with E-state index in [0.29, 0.717) is 31.7 Å². The first kappa shape index (κ1) is 16.1. The molecule has 0 unspecified atom stereocenters. The lowest BCUT2D eigenvalue weighted by atomic mass is 10.2. The van der Waals surface area contributed by atoms with Crippen LogP contribution in [0.4, 0.5) is 16.2 Å². The van der Waals surface area contributed by atoms with Gasteiger partial charge in [-0.05, 0) is 36.4 Å². The second-order valence-corrected chi connectivity index (χ2v) is 6.16. The number of benzene rings is 2. The highest BCUT2D eigenvalue weighted by Crippen LogP contribution is 2.20. The van der Waals surface area contributed by atoms with Gasteiger partial charge in [0.15, 0.2) is 0 Å². The normalized spacial score (nSPS) is 13.8. The molecule has 132 valence electrons. The van der Waals surface area contributed by atoms with Crippen LogP contribution in [0.2, 0.25) is 0 Å². The van der Waals surface area contributed by atoms with E-state index in [1.165, 1.54) is 0 Å². The van der Waals surface area contributed by atoms with Crippen molar-refractivity contribution in [2.75, 3.05) is 23.3 Å². The molecular weight excluding hydrogens is 330 g/mol. The molecular formula is C19H19N5O2. The van der Waals surface area contributed by atoms with E-state index in [1.54, 1.807) is 11.2 Å². The molecule has 1 aliphatic heterocycles. The molecule has 7 heteroatoms. The molecule has 2 N–H and O–H groups in total. The van der Waals surface area contributed by atoms with Crippen LogP contribution in [-0.2, 0) is 11.3 Å². The number of rotatable bonds is 5. The number of anilines is 2. The fraction of sp³-hybridized carbons (Fsp3) is 0.211. The van der Waals surface area contributed by atoms with Crippen LogP contribution in [0.15, 0.2) is 54.9 Å². The lowest BCUT2D eigenvalue weighted by Crippen LogP contribution is -2.27. The molecule has 1 fully saturated rings. The fourth-order valence-corrected chi connectivity index (χ4v) is 3.08. The number of para-hydroxylation sites is 2. The summed E-state index contributed by atoms with van der Waals surface area (Å²) in [5, 5.41) is 5.66. The van der Waals surface area contributed by atoms with Gasteiger partial charge >= 0.3 is 6.03 Å². The molecule has 3 amide bonds. The van der Waals surface area contributed by atoms with Crippen LogP contribution in [0.3, 0.4) is 0 Å². The summed E-state index contributed by atoms with van der Waals surface area (Å²) in [7, 11) is 0. The van der Waals surface area contributed by atoms with Crippen molar-refractivity contribution in [1.29, 1.82) is 0 Å². The number of amides is 3. The summed E-state index contributed by atoms with van der Waals surface area (Å²) in [6.07, 6.45) is 2.12. The summed E-state index contributed by atoms with van der Waals surface area (Å²) >= 11 is 0. The third-order valence-electron chi connectivity index (χ3n) is 4.43. The third kappa shape index (κ3) is 3.23. The van der Waals surface area contributed by atoms with E-state index in [4.69, 9.17) is 0 Å². The molecule has 0 radical (unpaired) electrons. The SMILES string of the molecule is O=C(CCn1cnc2ccccc21)Nc1ccc(N2CCNC2=O)cc1. The first-order valence-electron chi connectivity index (χ1n) is 8.56. The zero-order valence-electron chi connectivity index (χ0n) is 14.2.